The van der Waals surface area contributed by atoms with Gasteiger partial charge in [-0.15, -0.1) is 11.3 Å². The molecule has 9 heteroatoms. The molecule has 0 aliphatic rings. The number of thiazole rings is 1. The summed E-state index contributed by atoms with van der Waals surface area (Å²) in [5.74, 6) is 1.07. The standard InChI is InChI=1S/C21H25N3O5S/c1-21(2,3)29-20(27)24(4)18-8-5-13(10-22-18)19-23-16-7-6-15(9-17(16)30-19)28-12-14(26)11-25/h5-10,14,25-26H,11-12H2,1-4H3. The molecule has 160 valence electrons. The minimum absolute atomic E-state index is 0.0181. The molecule has 0 aliphatic carbocycles. The summed E-state index contributed by atoms with van der Waals surface area (Å²) in [6.45, 7) is 5.11. The number of pyridine rings is 1. The van der Waals surface area contributed by atoms with Crippen molar-refractivity contribution in [2.75, 3.05) is 25.2 Å². The van der Waals surface area contributed by atoms with E-state index in [1.807, 2.05) is 39.0 Å². The number of carbonyl (C=O) groups excluding carboxylic acids is 1. The fourth-order valence-electron chi connectivity index (χ4n) is 2.50. The van der Waals surface area contributed by atoms with E-state index in [-0.39, 0.29) is 13.2 Å². The normalized spacial score (nSPS) is 12.6. The molecule has 0 saturated heterocycles. The summed E-state index contributed by atoms with van der Waals surface area (Å²) < 4.78 is 11.8. The van der Waals surface area contributed by atoms with Gasteiger partial charge < -0.3 is 19.7 Å². The Balaban J connectivity index is 1.75. The molecule has 1 amide bonds. The van der Waals surface area contributed by atoms with E-state index in [0.29, 0.717) is 11.6 Å². The molecule has 1 atom stereocenters. The lowest BCUT2D eigenvalue weighted by Gasteiger charge is -2.24. The number of fused-ring (bicyclic) bond motifs is 1. The summed E-state index contributed by atoms with van der Waals surface area (Å²) in [5, 5.41) is 19.1. The molecule has 30 heavy (non-hydrogen) atoms. The number of ether oxygens (including phenoxy) is 2. The van der Waals surface area contributed by atoms with Crippen molar-refractivity contribution in [3.63, 3.8) is 0 Å². The van der Waals surface area contributed by atoms with E-state index in [9.17, 15) is 9.90 Å². The maximum Gasteiger partial charge on any atom is 0.415 e. The van der Waals surface area contributed by atoms with Gasteiger partial charge in [-0.3, -0.25) is 4.90 Å². The van der Waals surface area contributed by atoms with Gasteiger partial charge in [0, 0.05) is 18.8 Å². The number of aliphatic hydroxyl groups is 2. The van der Waals surface area contributed by atoms with Crippen LogP contribution in [0.3, 0.4) is 0 Å². The Kier molecular flexibility index (Phi) is 6.55. The molecule has 0 radical (unpaired) electrons. The Labute approximate surface area is 178 Å². The van der Waals surface area contributed by atoms with E-state index in [4.69, 9.17) is 14.6 Å². The molecule has 2 aromatic heterocycles. The molecule has 2 heterocycles. The van der Waals surface area contributed by atoms with Gasteiger partial charge in [-0.05, 0) is 51.1 Å². The molecule has 3 aromatic rings. The zero-order valence-electron chi connectivity index (χ0n) is 17.3. The van der Waals surface area contributed by atoms with E-state index < -0.39 is 17.8 Å². The van der Waals surface area contributed by atoms with Gasteiger partial charge in [0.15, 0.2) is 0 Å². The molecule has 0 saturated carbocycles. The first kappa shape index (κ1) is 21.9. The van der Waals surface area contributed by atoms with Crippen LogP contribution >= 0.6 is 11.3 Å². The average Bonchev–Trinajstić information content (AvgIpc) is 3.13. The number of aliphatic hydroxyl groups excluding tert-OH is 2. The largest absolute Gasteiger partial charge is 0.491 e. The van der Waals surface area contributed by atoms with Crippen LogP contribution in [-0.2, 0) is 4.74 Å². The molecule has 0 fully saturated rings. The summed E-state index contributed by atoms with van der Waals surface area (Å²) >= 11 is 1.48. The van der Waals surface area contributed by atoms with Gasteiger partial charge in [0.2, 0.25) is 0 Å². The van der Waals surface area contributed by atoms with Gasteiger partial charge in [0.1, 0.15) is 34.9 Å². The smallest absolute Gasteiger partial charge is 0.415 e. The van der Waals surface area contributed by atoms with Crippen molar-refractivity contribution in [2.24, 2.45) is 0 Å². The average molecular weight is 432 g/mol. The van der Waals surface area contributed by atoms with Gasteiger partial charge in [-0.2, -0.15) is 0 Å². The Bertz CT molecular complexity index is 1010. The lowest BCUT2D eigenvalue weighted by molar-refractivity contribution is 0.0536. The molecule has 0 aliphatic heterocycles. The number of rotatable bonds is 6. The number of nitrogens with zero attached hydrogens (tertiary/aromatic N) is 3. The first-order valence-electron chi connectivity index (χ1n) is 9.42. The predicted octanol–water partition coefficient (Wildman–Crippen LogP) is 3.46. The lowest BCUT2D eigenvalue weighted by atomic mass is 10.2. The summed E-state index contributed by atoms with van der Waals surface area (Å²) in [7, 11) is 1.61. The zero-order chi connectivity index (χ0) is 21.9. The minimum atomic E-state index is -0.916. The molecule has 0 spiro atoms. The molecular weight excluding hydrogens is 406 g/mol. The molecule has 1 aromatic carbocycles. The van der Waals surface area contributed by atoms with Crippen LogP contribution in [0.1, 0.15) is 20.8 Å². The molecule has 1 unspecified atom stereocenters. The number of hydrogen-bond acceptors (Lipinski definition) is 8. The third-order valence-electron chi connectivity index (χ3n) is 4.02. The number of hydrogen-bond donors (Lipinski definition) is 2. The summed E-state index contributed by atoms with van der Waals surface area (Å²) in [5.41, 5.74) is 1.07. The Morgan fingerprint density at radius 1 is 1.27 bits per heavy atom. The van der Waals surface area contributed by atoms with Crippen LogP contribution in [0.5, 0.6) is 5.75 Å². The second-order valence-corrected chi connectivity index (χ2v) is 8.77. The predicted molar refractivity (Wildman–Crippen MR) is 116 cm³/mol. The van der Waals surface area contributed by atoms with E-state index in [0.717, 1.165) is 20.8 Å². The van der Waals surface area contributed by atoms with Crippen molar-refractivity contribution in [1.29, 1.82) is 0 Å². The van der Waals surface area contributed by atoms with Crippen molar-refractivity contribution in [2.45, 2.75) is 32.5 Å². The maximum atomic E-state index is 12.2. The fourth-order valence-corrected chi connectivity index (χ4v) is 3.48. The van der Waals surface area contributed by atoms with Crippen LogP contribution in [0.25, 0.3) is 20.8 Å². The topological polar surface area (TPSA) is 105 Å². The quantitative estimate of drug-likeness (QED) is 0.616. The van der Waals surface area contributed by atoms with Crippen LogP contribution in [0.15, 0.2) is 36.5 Å². The fraction of sp³-hybridized carbons (Fsp3) is 0.381. The van der Waals surface area contributed by atoms with Gasteiger partial charge in [0.25, 0.3) is 0 Å². The van der Waals surface area contributed by atoms with E-state index in [1.54, 1.807) is 25.4 Å². The first-order valence-corrected chi connectivity index (χ1v) is 10.2. The Morgan fingerprint density at radius 3 is 2.67 bits per heavy atom. The molecular formula is C21H25N3O5S. The van der Waals surface area contributed by atoms with Crippen molar-refractivity contribution in [3.05, 3.63) is 36.5 Å². The van der Waals surface area contributed by atoms with Crippen LogP contribution in [0, 0.1) is 0 Å². The SMILES string of the molecule is CN(C(=O)OC(C)(C)C)c1ccc(-c2nc3ccc(OCC(O)CO)cc3s2)cn1. The van der Waals surface area contributed by atoms with Gasteiger partial charge >= 0.3 is 6.09 Å². The van der Waals surface area contributed by atoms with E-state index >= 15 is 0 Å². The van der Waals surface area contributed by atoms with Crippen LogP contribution in [0.2, 0.25) is 0 Å². The summed E-state index contributed by atoms with van der Waals surface area (Å²) in [4.78, 5) is 22.5. The number of benzene rings is 1. The number of carbonyl (C=O) groups is 1. The lowest BCUT2D eigenvalue weighted by Crippen LogP contribution is -2.34. The van der Waals surface area contributed by atoms with E-state index in [1.165, 1.54) is 16.2 Å². The molecule has 8 nitrogen and oxygen atoms in total. The van der Waals surface area contributed by atoms with Crippen molar-refractivity contribution < 1.29 is 24.5 Å². The van der Waals surface area contributed by atoms with E-state index in [2.05, 4.69) is 9.97 Å². The Hall–Kier alpha value is -2.75. The highest BCUT2D eigenvalue weighted by molar-refractivity contribution is 7.21. The molecule has 3 rings (SSSR count). The first-order chi connectivity index (χ1) is 14.2. The molecule has 2 N–H and O–H groups in total. The van der Waals surface area contributed by atoms with Gasteiger partial charge in [0.05, 0.1) is 16.8 Å². The molecule has 0 bridgehead atoms. The second kappa shape index (κ2) is 8.95. The van der Waals surface area contributed by atoms with Crippen molar-refractivity contribution in [1.82, 2.24) is 9.97 Å². The van der Waals surface area contributed by atoms with Crippen LogP contribution in [-0.4, -0.2) is 58.2 Å². The minimum Gasteiger partial charge on any atom is -0.491 e. The number of amides is 1. The highest BCUT2D eigenvalue weighted by Crippen LogP contribution is 2.32. The number of anilines is 1. The Morgan fingerprint density at radius 2 is 2.03 bits per heavy atom. The van der Waals surface area contributed by atoms with Gasteiger partial charge in [-0.25, -0.2) is 14.8 Å². The number of aromatic nitrogens is 2. The van der Waals surface area contributed by atoms with Gasteiger partial charge in [-0.1, -0.05) is 0 Å². The third-order valence-corrected chi connectivity index (χ3v) is 5.09. The second-order valence-electron chi connectivity index (χ2n) is 7.74. The summed E-state index contributed by atoms with van der Waals surface area (Å²) in [6, 6.07) is 9.06. The third kappa shape index (κ3) is 5.44. The monoisotopic (exact) mass is 431 g/mol. The van der Waals surface area contributed by atoms with Crippen LogP contribution < -0.4 is 9.64 Å². The summed E-state index contributed by atoms with van der Waals surface area (Å²) in [6.07, 6.45) is 0.283. The highest BCUT2D eigenvalue weighted by Gasteiger charge is 2.21. The van der Waals surface area contributed by atoms with Crippen molar-refractivity contribution >= 4 is 33.5 Å². The zero-order valence-corrected chi connectivity index (χ0v) is 18.1. The maximum absolute atomic E-state index is 12.2. The highest BCUT2D eigenvalue weighted by atomic mass is 32.1. The van der Waals surface area contributed by atoms with Crippen LogP contribution in [0.4, 0.5) is 10.6 Å². The van der Waals surface area contributed by atoms with Crippen molar-refractivity contribution in [3.8, 4) is 16.3 Å².